The molecule has 0 unspecified atom stereocenters. The molecule has 2 aromatic rings. The van der Waals surface area contributed by atoms with Gasteiger partial charge in [0.1, 0.15) is 5.75 Å². The number of sulfonamides is 1. The highest BCUT2D eigenvalue weighted by molar-refractivity contribution is 7.89. The summed E-state index contributed by atoms with van der Waals surface area (Å²) in [5.41, 5.74) is 5.39. The van der Waals surface area contributed by atoms with E-state index in [2.05, 4.69) is 23.3 Å². The molecule has 3 rings (SSSR count). The number of aryl methyl sites for hydroxylation is 2. The van der Waals surface area contributed by atoms with Gasteiger partial charge in [0.2, 0.25) is 21.8 Å². The number of fused-ring (bicyclic) bond motifs is 1. The molecule has 2 aromatic carbocycles. The fraction of sp³-hybridized carbons (Fsp3) is 0.444. The van der Waals surface area contributed by atoms with E-state index in [1.807, 2.05) is 12.1 Å². The quantitative estimate of drug-likeness (QED) is 0.482. The van der Waals surface area contributed by atoms with Crippen LogP contribution in [0.4, 0.5) is 5.69 Å². The number of amides is 2. The van der Waals surface area contributed by atoms with Crippen molar-refractivity contribution >= 4 is 33.2 Å². The highest BCUT2D eigenvalue weighted by Gasteiger charge is 2.27. The molecule has 1 N–H and O–H groups in total. The minimum Gasteiger partial charge on any atom is -0.497 e. The Bertz CT molecular complexity index is 1300. The fourth-order valence-electron chi connectivity index (χ4n) is 4.46. The number of nitrogens with zero attached hydrogens (tertiary/aromatic N) is 3. The van der Waals surface area contributed by atoms with Crippen molar-refractivity contribution in [3.8, 4) is 5.75 Å². The Kier molecular flexibility index (Phi) is 9.09. The van der Waals surface area contributed by atoms with Gasteiger partial charge in [-0.2, -0.15) is 4.31 Å². The number of rotatable bonds is 11. The van der Waals surface area contributed by atoms with Crippen LogP contribution in [0.25, 0.3) is 0 Å². The summed E-state index contributed by atoms with van der Waals surface area (Å²) in [4.78, 5) is 31.4. The van der Waals surface area contributed by atoms with Crippen molar-refractivity contribution in [2.45, 2.75) is 51.5 Å². The standard InChI is InChI=1S/C27H36N4O5S/c1-7-8-22-14-21-13-20(9-10-24(21)29-22)16-30(4)26(33)15-28-25(32)17-31(5)37(34,35)27-18(2)11-23(36-6)12-19(27)3/h9-13H,7-8,14-17H2,1-6H3,(H,28,32). The molecule has 200 valence electrons. The second kappa shape index (κ2) is 11.9. The molecule has 0 atom stereocenters. The van der Waals surface area contributed by atoms with Crippen LogP contribution in [0.3, 0.4) is 0 Å². The first-order valence-electron chi connectivity index (χ1n) is 12.3. The first-order chi connectivity index (χ1) is 17.5. The lowest BCUT2D eigenvalue weighted by Gasteiger charge is -2.21. The number of likely N-dealkylation sites (N-methyl/N-ethyl adjacent to an activating group) is 2. The zero-order valence-corrected chi connectivity index (χ0v) is 23.2. The molecule has 0 saturated heterocycles. The van der Waals surface area contributed by atoms with E-state index in [4.69, 9.17) is 4.74 Å². The summed E-state index contributed by atoms with van der Waals surface area (Å²) in [5, 5.41) is 2.54. The van der Waals surface area contributed by atoms with Crippen LogP contribution in [-0.4, -0.2) is 69.4 Å². The van der Waals surface area contributed by atoms with Crippen LogP contribution in [0.1, 0.15) is 42.0 Å². The average molecular weight is 529 g/mol. The summed E-state index contributed by atoms with van der Waals surface area (Å²) in [6, 6.07) is 9.30. The van der Waals surface area contributed by atoms with Gasteiger partial charge in [0.15, 0.2) is 0 Å². The van der Waals surface area contributed by atoms with E-state index < -0.39 is 22.5 Å². The predicted octanol–water partition coefficient (Wildman–Crippen LogP) is 3.14. The van der Waals surface area contributed by atoms with E-state index in [1.165, 1.54) is 30.3 Å². The van der Waals surface area contributed by atoms with Gasteiger partial charge in [-0.05, 0) is 60.7 Å². The first-order valence-corrected chi connectivity index (χ1v) is 13.7. The van der Waals surface area contributed by atoms with Crippen molar-refractivity contribution in [1.82, 2.24) is 14.5 Å². The monoisotopic (exact) mass is 528 g/mol. The van der Waals surface area contributed by atoms with Gasteiger partial charge in [0.25, 0.3) is 0 Å². The number of aliphatic imine (C=N–C) groups is 1. The van der Waals surface area contributed by atoms with E-state index in [0.29, 0.717) is 23.4 Å². The number of methoxy groups -OCH3 is 1. The molecule has 0 fully saturated rings. The Morgan fingerprint density at radius 2 is 1.78 bits per heavy atom. The molecular formula is C27H36N4O5S. The normalized spacial score (nSPS) is 12.8. The van der Waals surface area contributed by atoms with Crippen molar-refractivity contribution in [3.05, 3.63) is 52.6 Å². The number of benzene rings is 2. The smallest absolute Gasteiger partial charge is 0.243 e. The van der Waals surface area contributed by atoms with Crippen molar-refractivity contribution in [2.24, 2.45) is 4.99 Å². The molecule has 1 aliphatic rings. The number of carbonyl (C=O) groups is 2. The molecule has 0 spiro atoms. The summed E-state index contributed by atoms with van der Waals surface area (Å²) >= 11 is 0. The van der Waals surface area contributed by atoms with Gasteiger partial charge in [-0.3, -0.25) is 14.6 Å². The van der Waals surface area contributed by atoms with Crippen LogP contribution in [0.5, 0.6) is 5.75 Å². The van der Waals surface area contributed by atoms with E-state index >= 15 is 0 Å². The molecular weight excluding hydrogens is 492 g/mol. The lowest BCUT2D eigenvalue weighted by molar-refractivity contribution is -0.132. The van der Waals surface area contributed by atoms with Gasteiger partial charge in [-0.15, -0.1) is 0 Å². The summed E-state index contributed by atoms with van der Waals surface area (Å²) in [6.07, 6.45) is 2.89. The third-order valence-electron chi connectivity index (χ3n) is 6.34. The van der Waals surface area contributed by atoms with Gasteiger partial charge in [-0.1, -0.05) is 25.5 Å². The van der Waals surface area contributed by atoms with Crippen LogP contribution in [0, 0.1) is 13.8 Å². The van der Waals surface area contributed by atoms with Crippen LogP contribution >= 0.6 is 0 Å². The van der Waals surface area contributed by atoms with Gasteiger partial charge in [-0.25, -0.2) is 8.42 Å². The lowest BCUT2D eigenvalue weighted by atomic mass is 10.0. The molecule has 0 aromatic heterocycles. The second-order valence-electron chi connectivity index (χ2n) is 9.45. The second-order valence-corrected chi connectivity index (χ2v) is 11.4. The lowest BCUT2D eigenvalue weighted by Crippen LogP contribution is -2.43. The largest absolute Gasteiger partial charge is 0.497 e. The van der Waals surface area contributed by atoms with E-state index in [0.717, 1.165) is 34.8 Å². The maximum atomic E-state index is 13.1. The van der Waals surface area contributed by atoms with Crippen molar-refractivity contribution < 1.29 is 22.7 Å². The number of nitrogens with one attached hydrogen (secondary N) is 1. The molecule has 1 aliphatic heterocycles. The van der Waals surface area contributed by atoms with Crippen molar-refractivity contribution in [3.63, 3.8) is 0 Å². The van der Waals surface area contributed by atoms with Gasteiger partial charge in [0, 0.05) is 32.8 Å². The maximum absolute atomic E-state index is 13.1. The molecule has 1 heterocycles. The molecule has 0 radical (unpaired) electrons. The molecule has 2 amide bonds. The number of ether oxygens (including phenoxy) is 1. The summed E-state index contributed by atoms with van der Waals surface area (Å²) in [6.45, 7) is 5.27. The summed E-state index contributed by atoms with van der Waals surface area (Å²) in [7, 11) is 0.614. The first kappa shape index (κ1) is 28.3. The third kappa shape index (κ3) is 6.75. The highest BCUT2D eigenvalue weighted by atomic mass is 32.2. The van der Waals surface area contributed by atoms with Crippen LogP contribution in [-0.2, 0) is 32.6 Å². The average Bonchev–Trinajstić information content (AvgIpc) is 3.23. The molecule has 9 nitrogen and oxygen atoms in total. The summed E-state index contributed by atoms with van der Waals surface area (Å²) in [5.74, 6) is -0.273. The Morgan fingerprint density at radius 3 is 2.41 bits per heavy atom. The van der Waals surface area contributed by atoms with Gasteiger partial charge >= 0.3 is 0 Å². The number of carbonyl (C=O) groups excluding carboxylic acids is 2. The number of hydrogen-bond donors (Lipinski definition) is 1. The molecule has 0 saturated carbocycles. The van der Waals surface area contributed by atoms with Crippen molar-refractivity contribution in [2.75, 3.05) is 34.3 Å². The topological polar surface area (TPSA) is 108 Å². The predicted molar refractivity (Wildman–Crippen MR) is 144 cm³/mol. The molecule has 0 bridgehead atoms. The van der Waals surface area contributed by atoms with Gasteiger partial charge < -0.3 is 15.0 Å². The maximum Gasteiger partial charge on any atom is 0.243 e. The zero-order chi connectivity index (χ0) is 27.3. The highest BCUT2D eigenvalue weighted by Crippen LogP contribution is 2.29. The molecule has 10 heteroatoms. The van der Waals surface area contributed by atoms with E-state index in [1.54, 1.807) is 33.0 Å². The van der Waals surface area contributed by atoms with Crippen LogP contribution < -0.4 is 10.1 Å². The Labute approximate surface area is 219 Å². The van der Waals surface area contributed by atoms with Gasteiger partial charge in [0.05, 0.1) is 30.8 Å². The third-order valence-corrected chi connectivity index (χ3v) is 8.45. The van der Waals surface area contributed by atoms with Crippen molar-refractivity contribution in [1.29, 1.82) is 0 Å². The minimum atomic E-state index is -3.92. The fourth-order valence-corrected chi connectivity index (χ4v) is 5.99. The van der Waals surface area contributed by atoms with E-state index in [-0.39, 0.29) is 17.3 Å². The molecule has 37 heavy (non-hydrogen) atoms. The van der Waals surface area contributed by atoms with Crippen LogP contribution in [0.2, 0.25) is 0 Å². The van der Waals surface area contributed by atoms with E-state index in [9.17, 15) is 18.0 Å². The summed E-state index contributed by atoms with van der Waals surface area (Å²) < 4.78 is 32.4. The Balaban J connectivity index is 1.53. The van der Waals surface area contributed by atoms with Crippen LogP contribution in [0.15, 0.2) is 40.2 Å². The molecule has 0 aliphatic carbocycles. The Morgan fingerprint density at radius 1 is 1.11 bits per heavy atom. The minimum absolute atomic E-state index is 0.140. The zero-order valence-electron chi connectivity index (χ0n) is 22.4. The Hall–Kier alpha value is -3.24. The number of hydrogen-bond acceptors (Lipinski definition) is 6. The SMILES string of the molecule is CCCC1=Nc2ccc(CN(C)C(=O)CNC(=O)CN(C)S(=O)(=O)c3c(C)cc(OC)cc3C)cc2C1.